The van der Waals surface area contributed by atoms with Crippen molar-refractivity contribution >= 4 is 9.84 Å². The molecule has 1 heterocycles. The summed E-state index contributed by atoms with van der Waals surface area (Å²) in [6.45, 7) is 5.97. The van der Waals surface area contributed by atoms with Gasteiger partial charge in [-0.2, -0.15) is 0 Å². The molecule has 19 heavy (non-hydrogen) atoms. The molecule has 5 heteroatoms. The minimum atomic E-state index is -2.94. The van der Waals surface area contributed by atoms with E-state index in [1.165, 1.54) is 12.8 Å². The molecule has 1 saturated heterocycles. The summed E-state index contributed by atoms with van der Waals surface area (Å²) in [5.74, 6) is 0.292. The Kier molecular flexibility index (Phi) is 4.90. The van der Waals surface area contributed by atoms with Gasteiger partial charge in [-0.1, -0.05) is 0 Å². The number of sulfone groups is 1. The van der Waals surface area contributed by atoms with E-state index in [9.17, 15) is 8.42 Å². The smallest absolute Gasteiger partial charge is 0.152 e. The Hall–Kier alpha value is -0.130. The standard InChI is InChI=1S/C14H27NO3S/c1-12(2)19(16,17)9-7-14(6-3-8-18-11-14)10-15-13-4-5-13/h12-13,15H,3-11H2,1-2H3. The predicted molar refractivity (Wildman–Crippen MR) is 77.1 cm³/mol. The summed E-state index contributed by atoms with van der Waals surface area (Å²) in [5.41, 5.74) is 0.0306. The van der Waals surface area contributed by atoms with Crippen LogP contribution in [0.15, 0.2) is 0 Å². The van der Waals surface area contributed by atoms with E-state index in [-0.39, 0.29) is 10.7 Å². The van der Waals surface area contributed by atoms with Crippen LogP contribution in [0.3, 0.4) is 0 Å². The zero-order valence-electron chi connectivity index (χ0n) is 12.2. The molecule has 4 nitrogen and oxygen atoms in total. The summed E-state index contributed by atoms with van der Waals surface area (Å²) >= 11 is 0. The maximum absolute atomic E-state index is 12.0. The first-order valence-corrected chi connectivity index (χ1v) is 9.18. The molecule has 1 aliphatic heterocycles. The maximum Gasteiger partial charge on any atom is 0.152 e. The summed E-state index contributed by atoms with van der Waals surface area (Å²) in [6.07, 6.45) is 5.39. The van der Waals surface area contributed by atoms with E-state index in [2.05, 4.69) is 5.32 Å². The van der Waals surface area contributed by atoms with E-state index in [1.807, 2.05) is 0 Å². The Balaban J connectivity index is 1.92. The van der Waals surface area contributed by atoms with Crippen molar-refractivity contribution in [3.05, 3.63) is 0 Å². The molecule has 112 valence electrons. The SMILES string of the molecule is CC(C)S(=O)(=O)CCC1(CNC2CC2)CCCOC1. The van der Waals surface area contributed by atoms with E-state index in [0.29, 0.717) is 18.4 Å². The molecule has 0 aromatic rings. The monoisotopic (exact) mass is 289 g/mol. The second-order valence-corrected chi connectivity index (χ2v) is 9.15. The summed E-state index contributed by atoms with van der Waals surface area (Å²) < 4.78 is 29.6. The lowest BCUT2D eigenvalue weighted by Gasteiger charge is -2.37. The Bertz CT molecular complexity index is 381. The highest BCUT2D eigenvalue weighted by atomic mass is 32.2. The molecule has 0 radical (unpaired) electrons. The van der Waals surface area contributed by atoms with E-state index in [0.717, 1.165) is 32.4 Å². The second kappa shape index (κ2) is 6.10. The third-order valence-corrected chi connectivity index (χ3v) is 6.59. The zero-order valence-corrected chi connectivity index (χ0v) is 13.0. The second-order valence-electron chi connectivity index (χ2n) is 6.48. The molecule has 1 unspecified atom stereocenters. The van der Waals surface area contributed by atoms with Crippen LogP contribution in [0.2, 0.25) is 0 Å². The van der Waals surface area contributed by atoms with Crippen LogP contribution >= 0.6 is 0 Å². The number of ether oxygens (including phenoxy) is 1. The van der Waals surface area contributed by atoms with Crippen LogP contribution in [0.1, 0.15) is 46.0 Å². The van der Waals surface area contributed by atoms with Crippen LogP contribution in [0.4, 0.5) is 0 Å². The van der Waals surface area contributed by atoms with Crippen molar-refractivity contribution in [3.8, 4) is 0 Å². The first-order chi connectivity index (χ1) is 8.94. The van der Waals surface area contributed by atoms with Gasteiger partial charge >= 0.3 is 0 Å². The van der Waals surface area contributed by atoms with E-state index < -0.39 is 9.84 Å². The third-order valence-electron chi connectivity index (χ3n) is 4.38. The van der Waals surface area contributed by atoms with Crippen molar-refractivity contribution < 1.29 is 13.2 Å². The van der Waals surface area contributed by atoms with Crippen LogP contribution < -0.4 is 5.32 Å². The molecular formula is C14H27NO3S. The minimum absolute atomic E-state index is 0.0306. The van der Waals surface area contributed by atoms with Gasteiger partial charge in [-0.15, -0.1) is 0 Å². The Morgan fingerprint density at radius 2 is 2.11 bits per heavy atom. The molecule has 2 aliphatic rings. The first-order valence-electron chi connectivity index (χ1n) is 7.46. The van der Waals surface area contributed by atoms with Gasteiger partial charge in [0.2, 0.25) is 0 Å². The molecule has 1 N–H and O–H groups in total. The van der Waals surface area contributed by atoms with Crippen LogP contribution in [-0.2, 0) is 14.6 Å². The fourth-order valence-corrected chi connectivity index (χ4v) is 3.77. The topological polar surface area (TPSA) is 55.4 Å². The summed E-state index contributed by atoms with van der Waals surface area (Å²) in [7, 11) is -2.94. The Labute approximate surface area is 117 Å². The summed E-state index contributed by atoms with van der Waals surface area (Å²) in [5, 5.41) is 3.29. The summed E-state index contributed by atoms with van der Waals surface area (Å²) in [6, 6.07) is 0.667. The van der Waals surface area contributed by atoms with Gasteiger partial charge in [0.1, 0.15) is 0 Å². The van der Waals surface area contributed by atoms with Crippen molar-refractivity contribution in [3.63, 3.8) is 0 Å². The highest BCUT2D eigenvalue weighted by Crippen LogP contribution is 2.33. The lowest BCUT2D eigenvalue weighted by Crippen LogP contribution is -2.43. The largest absolute Gasteiger partial charge is 0.381 e. The van der Waals surface area contributed by atoms with Crippen molar-refractivity contribution in [2.75, 3.05) is 25.5 Å². The molecule has 0 bridgehead atoms. The van der Waals surface area contributed by atoms with E-state index >= 15 is 0 Å². The van der Waals surface area contributed by atoms with Crippen LogP contribution in [0.25, 0.3) is 0 Å². The lowest BCUT2D eigenvalue weighted by atomic mass is 9.80. The van der Waals surface area contributed by atoms with Crippen molar-refractivity contribution in [2.24, 2.45) is 5.41 Å². The number of rotatable bonds is 7. The molecule has 0 amide bonds. The first kappa shape index (κ1) is 15.3. The number of nitrogens with one attached hydrogen (secondary N) is 1. The molecule has 0 aromatic heterocycles. The fourth-order valence-electron chi connectivity index (χ4n) is 2.58. The maximum atomic E-state index is 12.0. The number of hydrogen-bond donors (Lipinski definition) is 1. The van der Waals surface area contributed by atoms with Crippen molar-refractivity contribution in [2.45, 2.75) is 57.2 Å². The van der Waals surface area contributed by atoms with Crippen molar-refractivity contribution in [1.82, 2.24) is 5.32 Å². The van der Waals surface area contributed by atoms with Gasteiger partial charge in [0.15, 0.2) is 9.84 Å². The number of hydrogen-bond acceptors (Lipinski definition) is 4. The predicted octanol–water partition coefficient (Wildman–Crippen LogP) is 1.75. The van der Waals surface area contributed by atoms with Gasteiger partial charge in [0.25, 0.3) is 0 Å². The van der Waals surface area contributed by atoms with Gasteiger partial charge in [0.05, 0.1) is 17.6 Å². The molecule has 1 aliphatic carbocycles. The fraction of sp³-hybridized carbons (Fsp3) is 1.00. The molecule has 0 aromatic carbocycles. The molecule has 1 atom stereocenters. The normalized spacial score (nSPS) is 28.8. The lowest BCUT2D eigenvalue weighted by molar-refractivity contribution is -0.00914. The van der Waals surface area contributed by atoms with Crippen molar-refractivity contribution in [1.29, 1.82) is 0 Å². The van der Waals surface area contributed by atoms with Crippen LogP contribution in [0.5, 0.6) is 0 Å². The quantitative estimate of drug-likeness (QED) is 0.776. The third kappa shape index (κ3) is 4.43. The average molecular weight is 289 g/mol. The van der Waals surface area contributed by atoms with Gasteiger partial charge in [0, 0.05) is 24.6 Å². The highest BCUT2D eigenvalue weighted by molar-refractivity contribution is 7.91. The van der Waals surface area contributed by atoms with Crippen LogP contribution in [-0.4, -0.2) is 45.2 Å². The van der Waals surface area contributed by atoms with Gasteiger partial charge in [-0.25, -0.2) is 8.42 Å². The van der Waals surface area contributed by atoms with Gasteiger partial charge in [-0.05, 0) is 46.0 Å². The van der Waals surface area contributed by atoms with E-state index in [4.69, 9.17) is 4.74 Å². The molecule has 0 spiro atoms. The summed E-state index contributed by atoms with van der Waals surface area (Å²) in [4.78, 5) is 0. The molecule has 1 saturated carbocycles. The zero-order chi connectivity index (χ0) is 13.9. The van der Waals surface area contributed by atoms with E-state index in [1.54, 1.807) is 13.8 Å². The Morgan fingerprint density at radius 1 is 1.37 bits per heavy atom. The average Bonchev–Trinajstić information content (AvgIpc) is 3.19. The van der Waals surface area contributed by atoms with Crippen LogP contribution in [0, 0.1) is 5.41 Å². The highest BCUT2D eigenvalue weighted by Gasteiger charge is 2.36. The minimum Gasteiger partial charge on any atom is -0.381 e. The Morgan fingerprint density at radius 3 is 2.63 bits per heavy atom. The van der Waals surface area contributed by atoms with Gasteiger partial charge in [-0.3, -0.25) is 0 Å². The molecular weight excluding hydrogens is 262 g/mol. The molecule has 2 rings (SSSR count). The van der Waals surface area contributed by atoms with Gasteiger partial charge < -0.3 is 10.1 Å². The molecule has 2 fully saturated rings.